The predicted octanol–water partition coefficient (Wildman–Crippen LogP) is 3.23. The van der Waals surface area contributed by atoms with Crippen LogP contribution in [0.2, 0.25) is 0 Å². The second-order valence-corrected chi connectivity index (χ2v) is 6.45. The molecule has 2 heterocycles. The van der Waals surface area contributed by atoms with Crippen LogP contribution in [0.5, 0.6) is 5.75 Å². The number of benzene rings is 1. The Bertz CT molecular complexity index is 458. The lowest BCUT2D eigenvalue weighted by Crippen LogP contribution is -2.51. The molecule has 2 nitrogen and oxygen atoms in total. The molecule has 2 bridgehead atoms. The molecule has 2 heteroatoms. The van der Waals surface area contributed by atoms with Crippen molar-refractivity contribution < 1.29 is 4.74 Å². The van der Waals surface area contributed by atoms with Gasteiger partial charge in [-0.3, -0.25) is 0 Å². The smallest absolute Gasteiger partial charge is 0.123 e. The molecule has 0 radical (unpaired) electrons. The molecule has 4 rings (SSSR count). The van der Waals surface area contributed by atoms with Gasteiger partial charge in [-0.15, -0.1) is 0 Å². The highest BCUT2D eigenvalue weighted by atomic mass is 16.5. The average molecular weight is 257 g/mol. The first kappa shape index (κ1) is 11.8. The van der Waals surface area contributed by atoms with Crippen LogP contribution in [-0.4, -0.2) is 18.2 Å². The van der Waals surface area contributed by atoms with E-state index in [9.17, 15) is 0 Å². The molecule has 0 unspecified atom stereocenters. The van der Waals surface area contributed by atoms with Crippen molar-refractivity contribution in [3.8, 4) is 5.75 Å². The van der Waals surface area contributed by atoms with Crippen molar-refractivity contribution in [2.24, 2.45) is 0 Å². The Kier molecular flexibility index (Phi) is 2.99. The first-order valence-electron chi connectivity index (χ1n) is 7.92. The summed E-state index contributed by atoms with van der Waals surface area (Å²) in [6, 6.07) is 8.03. The minimum atomic E-state index is 0.434. The van der Waals surface area contributed by atoms with Crippen molar-refractivity contribution in [2.45, 2.75) is 69.6 Å². The Hall–Kier alpha value is -1.02. The zero-order valence-electron chi connectivity index (χ0n) is 11.5. The van der Waals surface area contributed by atoms with Crippen molar-refractivity contribution in [1.82, 2.24) is 5.32 Å². The molecule has 2 saturated heterocycles. The van der Waals surface area contributed by atoms with Crippen LogP contribution < -0.4 is 10.1 Å². The summed E-state index contributed by atoms with van der Waals surface area (Å²) in [6.45, 7) is 0. The number of piperidine rings is 2. The molecule has 19 heavy (non-hydrogen) atoms. The predicted molar refractivity (Wildman–Crippen MR) is 76.7 cm³/mol. The Morgan fingerprint density at radius 1 is 1.00 bits per heavy atom. The third kappa shape index (κ3) is 2.27. The number of hydrogen-bond acceptors (Lipinski definition) is 2. The normalized spacial score (nSPS) is 32.9. The Morgan fingerprint density at radius 2 is 1.84 bits per heavy atom. The molecule has 0 spiro atoms. The molecule has 1 aliphatic carbocycles. The van der Waals surface area contributed by atoms with Gasteiger partial charge in [0.2, 0.25) is 0 Å². The van der Waals surface area contributed by atoms with Crippen molar-refractivity contribution in [3.63, 3.8) is 0 Å². The summed E-state index contributed by atoms with van der Waals surface area (Å²) in [6.07, 6.45) is 10.6. The van der Waals surface area contributed by atoms with Crippen LogP contribution in [0.1, 0.15) is 49.7 Å². The molecule has 1 aromatic carbocycles. The van der Waals surface area contributed by atoms with E-state index in [1.807, 2.05) is 0 Å². The van der Waals surface area contributed by atoms with Crippen molar-refractivity contribution in [3.05, 3.63) is 29.3 Å². The summed E-state index contributed by atoms with van der Waals surface area (Å²) in [5, 5.41) is 3.74. The highest BCUT2D eigenvalue weighted by Gasteiger charge is 2.32. The highest BCUT2D eigenvalue weighted by molar-refractivity contribution is 5.43. The molecule has 2 fully saturated rings. The molecular weight excluding hydrogens is 234 g/mol. The fraction of sp³-hybridized carbons (Fsp3) is 0.647. The first-order chi connectivity index (χ1) is 9.38. The van der Waals surface area contributed by atoms with Crippen molar-refractivity contribution in [1.29, 1.82) is 0 Å². The fourth-order valence-electron chi connectivity index (χ4n) is 4.18. The van der Waals surface area contributed by atoms with E-state index in [0.717, 1.165) is 0 Å². The third-order valence-electron chi connectivity index (χ3n) is 5.07. The van der Waals surface area contributed by atoms with E-state index < -0.39 is 0 Å². The monoisotopic (exact) mass is 257 g/mol. The van der Waals surface area contributed by atoms with E-state index in [-0.39, 0.29) is 0 Å². The number of nitrogens with one attached hydrogen (secondary N) is 1. The van der Waals surface area contributed by atoms with Crippen LogP contribution in [-0.2, 0) is 12.8 Å². The summed E-state index contributed by atoms with van der Waals surface area (Å²) >= 11 is 0. The molecule has 102 valence electrons. The van der Waals surface area contributed by atoms with Crippen LogP contribution in [0.4, 0.5) is 0 Å². The molecule has 0 amide bonds. The number of rotatable bonds is 2. The van der Waals surface area contributed by atoms with Gasteiger partial charge in [-0.05, 0) is 62.1 Å². The summed E-state index contributed by atoms with van der Waals surface area (Å²) in [5.41, 5.74) is 3.01. The van der Waals surface area contributed by atoms with Crippen LogP contribution in [0.25, 0.3) is 0 Å². The topological polar surface area (TPSA) is 21.3 Å². The number of aryl methyl sites for hydroxylation is 1. The van der Waals surface area contributed by atoms with E-state index in [0.29, 0.717) is 18.2 Å². The maximum absolute atomic E-state index is 6.39. The molecule has 1 N–H and O–H groups in total. The van der Waals surface area contributed by atoms with Crippen LogP contribution in [0.15, 0.2) is 18.2 Å². The lowest BCUT2D eigenvalue weighted by Gasteiger charge is -2.40. The first-order valence-corrected chi connectivity index (χ1v) is 7.92. The fourth-order valence-corrected chi connectivity index (χ4v) is 4.18. The quantitative estimate of drug-likeness (QED) is 0.878. The van der Waals surface area contributed by atoms with Gasteiger partial charge in [-0.1, -0.05) is 18.6 Å². The van der Waals surface area contributed by atoms with E-state index in [4.69, 9.17) is 4.74 Å². The SMILES string of the molecule is c1cc2c(c(O[C@@H]3C[C@H]4CCC[C@@H](C3)N4)c1)CCC2. The van der Waals surface area contributed by atoms with Gasteiger partial charge in [0.1, 0.15) is 11.9 Å². The Morgan fingerprint density at radius 3 is 2.68 bits per heavy atom. The maximum Gasteiger partial charge on any atom is 0.123 e. The largest absolute Gasteiger partial charge is 0.490 e. The summed E-state index contributed by atoms with van der Waals surface area (Å²) in [7, 11) is 0. The lowest BCUT2D eigenvalue weighted by atomic mass is 9.85. The second kappa shape index (κ2) is 4.82. The second-order valence-electron chi connectivity index (χ2n) is 6.45. The number of ether oxygens (including phenoxy) is 1. The molecule has 3 aliphatic rings. The molecule has 0 saturated carbocycles. The summed E-state index contributed by atoms with van der Waals surface area (Å²) in [5.74, 6) is 1.18. The zero-order valence-corrected chi connectivity index (χ0v) is 11.5. The number of hydrogen-bond donors (Lipinski definition) is 1. The minimum absolute atomic E-state index is 0.434. The van der Waals surface area contributed by atoms with E-state index in [1.54, 1.807) is 0 Å². The van der Waals surface area contributed by atoms with Gasteiger partial charge in [0.15, 0.2) is 0 Å². The molecular formula is C17H23NO. The molecule has 3 atom stereocenters. The zero-order chi connectivity index (χ0) is 12.7. The van der Waals surface area contributed by atoms with Crippen LogP contribution in [0, 0.1) is 0 Å². The van der Waals surface area contributed by atoms with Gasteiger partial charge < -0.3 is 10.1 Å². The van der Waals surface area contributed by atoms with Crippen LogP contribution >= 0.6 is 0 Å². The van der Waals surface area contributed by atoms with Crippen molar-refractivity contribution >= 4 is 0 Å². The van der Waals surface area contributed by atoms with E-state index in [2.05, 4.69) is 23.5 Å². The van der Waals surface area contributed by atoms with Gasteiger partial charge in [-0.2, -0.15) is 0 Å². The number of fused-ring (bicyclic) bond motifs is 3. The molecule has 2 aliphatic heterocycles. The Balaban J connectivity index is 1.51. The standard InChI is InChI=1S/C17H23NO/c1-4-12-5-2-9-17(16(12)8-1)19-15-10-13-6-3-7-14(11-15)18-13/h2,5,9,13-15,18H,1,3-4,6-8,10-11H2/t13-,14+,15-. The van der Waals surface area contributed by atoms with Gasteiger partial charge in [0.05, 0.1) is 0 Å². The summed E-state index contributed by atoms with van der Waals surface area (Å²) < 4.78 is 6.39. The van der Waals surface area contributed by atoms with Gasteiger partial charge in [-0.25, -0.2) is 0 Å². The third-order valence-corrected chi connectivity index (χ3v) is 5.07. The minimum Gasteiger partial charge on any atom is -0.490 e. The highest BCUT2D eigenvalue weighted by Crippen LogP contribution is 2.34. The molecule has 0 aromatic heterocycles. The van der Waals surface area contributed by atoms with Gasteiger partial charge in [0, 0.05) is 12.1 Å². The Labute approximate surface area is 115 Å². The lowest BCUT2D eigenvalue weighted by molar-refractivity contribution is 0.0920. The maximum atomic E-state index is 6.39. The van der Waals surface area contributed by atoms with Crippen molar-refractivity contribution in [2.75, 3.05) is 0 Å². The average Bonchev–Trinajstić information content (AvgIpc) is 2.88. The van der Waals surface area contributed by atoms with E-state index >= 15 is 0 Å². The van der Waals surface area contributed by atoms with E-state index in [1.165, 1.54) is 68.2 Å². The van der Waals surface area contributed by atoms with Crippen LogP contribution in [0.3, 0.4) is 0 Å². The van der Waals surface area contributed by atoms with Gasteiger partial charge in [0.25, 0.3) is 0 Å². The molecule has 1 aromatic rings. The summed E-state index contributed by atoms with van der Waals surface area (Å²) in [4.78, 5) is 0. The van der Waals surface area contributed by atoms with Gasteiger partial charge >= 0.3 is 0 Å².